The highest BCUT2D eigenvalue weighted by molar-refractivity contribution is 7.13. The molecule has 0 fully saturated rings. The molecule has 17 heavy (non-hydrogen) atoms. The zero-order valence-electron chi connectivity index (χ0n) is 9.17. The van der Waals surface area contributed by atoms with Crippen molar-refractivity contribution in [3.63, 3.8) is 0 Å². The Labute approximate surface area is 106 Å². The van der Waals surface area contributed by atoms with E-state index < -0.39 is 5.97 Å². The molecule has 0 atom stereocenters. The first-order valence-electron chi connectivity index (χ1n) is 4.95. The Morgan fingerprint density at radius 3 is 3.12 bits per heavy atom. The van der Waals surface area contributed by atoms with Gasteiger partial charge in [0, 0.05) is 29.9 Å². The number of rotatable bonds is 5. The van der Waals surface area contributed by atoms with Gasteiger partial charge in [0.05, 0.1) is 12.1 Å². The number of carbonyl (C=O) groups is 1. The van der Waals surface area contributed by atoms with Gasteiger partial charge in [-0.1, -0.05) is 0 Å². The topological polar surface area (TPSA) is 64.1 Å². The SMILES string of the molecule is COC(=O)c1csc(NCCc2nccs2)n1. The molecule has 0 radical (unpaired) electrons. The van der Waals surface area contributed by atoms with Gasteiger partial charge in [0.25, 0.3) is 0 Å². The van der Waals surface area contributed by atoms with E-state index in [1.54, 1.807) is 22.9 Å². The lowest BCUT2D eigenvalue weighted by molar-refractivity contribution is 0.0595. The zero-order chi connectivity index (χ0) is 12.1. The van der Waals surface area contributed by atoms with Gasteiger partial charge < -0.3 is 10.1 Å². The predicted molar refractivity (Wildman–Crippen MR) is 67.8 cm³/mol. The number of methoxy groups -OCH3 is 1. The molecule has 2 rings (SSSR count). The Morgan fingerprint density at radius 1 is 1.53 bits per heavy atom. The Kier molecular flexibility index (Phi) is 4.05. The predicted octanol–water partition coefficient (Wildman–Crippen LogP) is 2.04. The Morgan fingerprint density at radius 2 is 2.41 bits per heavy atom. The van der Waals surface area contributed by atoms with Crippen molar-refractivity contribution in [1.29, 1.82) is 0 Å². The molecule has 0 aliphatic heterocycles. The number of ether oxygens (including phenoxy) is 1. The van der Waals surface area contributed by atoms with E-state index in [-0.39, 0.29) is 0 Å². The van der Waals surface area contributed by atoms with Gasteiger partial charge in [-0.05, 0) is 0 Å². The second kappa shape index (κ2) is 5.74. The standard InChI is InChI=1S/C10H11N3O2S2/c1-15-9(14)7-6-17-10(13-7)12-3-2-8-11-4-5-16-8/h4-6H,2-3H2,1H3,(H,12,13). The lowest BCUT2D eigenvalue weighted by atomic mass is 10.4. The van der Waals surface area contributed by atoms with E-state index in [1.165, 1.54) is 18.4 Å². The maximum absolute atomic E-state index is 11.2. The molecule has 0 amide bonds. The molecule has 0 aliphatic rings. The van der Waals surface area contributed by atoms with Gasteiger partial charge in [-0.25, -0.2) is 14.8 Å². The fourth-order valence-corrected chi connectivity index (χ4v) is 2.54. The van der Waals surface area contributed by atoms with Crippen molar-refractivity contribution in [3.8, 4) is 0 Å². The van der Waals surface area contributed by atoms with Crippen LogP contribution in [-0.2, 0) is 11.2 Å². The summed E-state index contributed by atoms with van der Waals surface area (Å²) in [5.41, 5.74) is 0.342. The van der Waals surface area contributed by atoms with E-state index in [9.17, 15) is 4.79 Å². The highest BCUT2D eigenvalue weighted by Crippen LogP contribution is 2.16. The first kappa shape index (κ1) is 12.0. The number of nitrogens with zero attached hydrogens (tertiary/aromatic N) is 2. The lowest BCUT2D eigenvalue weighted by Crippen LogP contribution is -2.06. The second-order valence-electron chi connectivity index (χ2n) is 3.13. The van der Waals surface area contributed by atoms with E-state index in [1.807, 2.05) is 5.38 Å². The van der Waals surface area contributed by atoms with Crippen molar-refractivity contribution >= 4 is 33.8 Å². The molecule has 0 spiro atoms. The number of nitrogens with one attached hydrogen (secondary N) is 1. The summed E-state index contributed by atoms with van der Waals surface area (Å²) in [5, 5.41) is 8.59. The van der Waals surface area contributed by atoms with E-state index in [4.69, 9.17) is 0 Å². The van der Waals surface area contributed by atoms with Gasteiger partial charge in [0.15, 0.2) is 10.8 Å². The third kappa shape index (κ3) is 3.24. The minimum Gasteiger partial charge on any atom is -0.464 e. The molecule has 0 aliphatic carbocycles. The number of anilines is 1. The van der Waals surface area contributed by atoms with Gasteiger partial charge in [-0.2, -0.15) is 0 Å². The van der Waals surface area contributed by atoms with Crippen molar-refractivity contribution in [2.45, 2.75) is 6.42 Å². The summed E-state index contributed by atoms with van der Waals surface area (Å²) in [6, 6.07) is 0. The van der Waals surface area contributed by atoms with Crippen molar-refractivity contribution < 1.29 is 9.53 Å². The highest BCUT2D eigenvalue weighted by Gasteiger charge is 2.10. The van der Waals surface area contributed by atoms with Gasteiger partial charge >= 0.3 is 5.97 Å². The largest absolute Gasteiger partial charge is 0.464 e. The number of hydrogen-bond donors (Lipinski definition) is 1. The molecule has 7 heteroatoms. The third-order valence-electron chi connectivity index (χ3n) is 2.00. The monoisotopic (exact) mass is 269 g/mol. The van der Waals surface area contributed by atoms with Crippen molar-refractivity contribution in [2.75, 3.05) is 19.0 Å². The van der Waals surface area contributed by atoms with E-state index in [0.29, 0.717) is 5.69 Å². The van der Waals surface area contributed by atoms with E-state index >= 15 is 0 Å². The van der Waals surface area contributed by atoms with Gasteiger partial charge in [-0.3, -0.25) is 0 Å². The average molecular weight is 269 g/mol. The smallest absolute Gasteiger partial charge is 0.357 e. The Hall–Kier alpha value is -1.47. The number of carbonyl (C=O) groups excluding carboxylic acids is 1. The van der Waals surface area contributed by atoms with Crippen molar-refractivity contribution in [2.24, 2.45) is 0 Å². The number of thiazole rings is 2. The molecule has 2 aromatic rings. The Balaban J connectivity index is 1.83. The van der Waals surface area contributed by atoms with Gasteiger partial charge in [0.2, 0.25) is 0 Å². The lowest BCUT2D eigenvalue weighted by Gasteiger charge is -1.99. The number of aromatic nitrogens is 2. The summed E-state index contributed by atoms with van der Waals surface area (Å²) in [6.45, 7) is 0.752. The van der Waals surface area contributed by atoms with E-state index in [0.717, 1.165) is 23.1 Å². The summed E-state index contributed by atoms with van der Waals surface area (Å²) in [6.07, 6.45) is 2.64. The van der Waals surface area contributed by atoms with Gasteiger partial charge in [0.1, 0.15) is 0 Å². The van der Waals surface area contributed by atoms with Crippen LogP contribution in [0.4, 0.5) is 5.13 Å². The summed E-state index contributed by atoms with van der Waals surface area (Å²) in [5.74, 6) is -0.408. The first-order chi connectivity index (χ1) is 8.29. The van der Waals surface area contributed by atoms with Crippen LogP contribution in [0.1, 0.15) is 15.5 Å². The number of hydrogen-bond acceptors (Lipinski definition) is 7. The molecular formula is C10H11N3O2S2. The quantitative estimate of drug-likeness (QED) is 0.841. The van der Waals surface area contributed by atoms with E-state index in [2.05, 4.69) is 20.0 Å². The number of esters is 1. The summed E-state index contributed by atoms with van der Waals surface area (Å²) < 4.78 is 4.58. The van der Waals surface area contributed by atoms with Crippen LogP contribution in [0.15, 0.2) is 17.0 Å². The maximum Gasteiger partial charge on any atom is 0.357 e. The molecule has 0 saturated carbocycles. The summed E-state index contributed by atoms with van der Waals surface area (Å²) in [7, 11) is 1.34. The molecule has 0 unspecified atom stereocenters. The molecule has 2 heterocycles. The van der Waals surface area contributed by atoms with Crippen molar-refractivity contribution in [3.05, 3.63) is 27.7 Å². The van der Waals surface area contributed by atoms with Crippen LogP contribution >= 0.6 is 22.7 Å². The molecule has 0 bridgehead atoms. The molecule has 2 aromatic heterocycles. The highest BCUT2D eigenvalue weighted by atomic mass is 32.1. The molecule has 1 N–H and O–H groups in total. The molecule has 0 aromatic carbocycles. The molecular weight excluding hydrogens is 258 g/mol. The zero-order valence-corrected chi connectivity index (χ0v) is 10.8. The maximum atomic E-state index is 11.2. The normalized spacial score (nSPS) is 10.2. The van der Waals surface area contributed by atoms with Crippen molar-refractivity contribution in [1.82, 2.24) is 9.97 Å². The first-order valence-corrected chi connectivity index (χ1v) is 6.71. The van der Waals surface area contributed by atoms with Crippen LogP contribution in [-0.4, -0.2) is 29.6 Å². The van der Waals surface area contributed by atoms with Crippen LogP contribution < -0.4 is 5.32 Å². The summed E-state index contributed by atoms with van der Waals surface area (Å²) >= 11 is 3.02. The molecule has 5 nitrogen and oxygen atoms in total. The van der Waals surface area contributed by atoms with Crippen LogP contribution in [0.5, 0.6) is 0 Å². The minimum atomic E-state index is -0.408. The third-order valence-corrected chi connectivity index (χ3v) is 3.64. The Bertz CT molecular complexity index is 481. The van der Waals surface area contributed by atoms with Crippen LogP contribution in [0.2, 0.25) is 0 Å². The average Bonchev–Trinajstić information content (AvgIpc) is 2.99. The van der Waals surface area contributed by atoms with Crippen LogP contribution in [0.3, 0.4) is 0 Å². The molecule has 90 valence electrons. The van der Waals surface area contributed by atoms with Crippen LogP contribution in [0, 0.1) is 0 Å². The summed E-state index contributed by atoms with van der Waals surface area (Å²) in [4.78, 5) is 19.5. The minimum absolute atomic E-state index is 0.342. The fraction of sp³-hybridized carbons (Fsp3) is 0.300. The molecule has 0 saturated heterocycles. The fourth-order valence-electron chi connectivity index (χ4n) is 1.21. The van der Waals surface area contributed by atoms with Crippen LogP contribution in [0.25, 0.3) is 0 Å². The second-order valence-corrected chi connectivity index (χ2v) is 4.97. The van der Waals surface area contributed by atoms with Gasteiger partial charge in [-0.15, -0.1) is 22.7 Å².